The van der Waals surface area contributed by atoms with Crippen LogP contribution in [-0.4, -0.2) is 40.5 Å². The topological polar surface area (TPSA) is 30.3 Å². The molecule has 0 aromatic carbocycles. The van der Waals surface area contributed by atoms with E-state index in [1.165, 1.54) is 0 Å². The Balaban J connectivity index is 1.90. The number of rotatable bonds is 2. The average molecular weight is 260 g/mol. The Labute approximate surface area is 92.0 Å². The zero-order valence-corrected chi connectivity index (χ0v) is 9.77. The molecule has 1 aromatic rings. The normalized spacial score (nSPS) is 24.0. The highest BCUT2D eigenvalue weighted by Crippen LogP contribution is 2.09. The molecule has 2 rings (SSSR count). The van der Waals surface area contributed by atoms with Crippen LogP contribution < -0.4 is 0 Å². The Morgan fingerprint density at radius 2 is 2.57 bits per heavy atom. The summed E-state index contributed by atoms with van der Waals surface area (Å²) < 4.78 is 8.43. The Hall–Kier alpha value is -0.390. The second kappa shape index (κ2) is 4.42. The van der Waals surface area contributed by atoms with E-state index in [9.17, 15) is 0 Å². The first-order chi connectivity index (χ1) is 6.74. The Morgan fingerprint density at radius 3 is 3.21 bits per heavy atom. The van der Waals surface area contributed by atoms with Crippen LogP contribution >= 0.6 is 15.9 Å². The lowest BCUT2D eigenvalue weighted by Crippen LogP contribution is -2.41. The van der Waals surface area contributed by atoms with Gasteiger partial charge in [-0.15, -0.1) is 0 Å². The smallest absolute Gasteiger partial charge is 0.0930 e. The highest BCUT2D eigenvalue weighted by molar-refractivity contribution is 9.10. The van der Waals surface area contributed by atoms with Crippen molar-refractivity contribution >= 4 is 15.9 Å². The van der Waals surface area contributed by atoms with Gasteiger partial charge in [-0.2, -0.15) is 5.10 Å². The summed E-state index contributed by atoms with van der Waals surface area (Å²) in [5.74, 6) is 0. The summed E-state index contributed by atoms with van der Waals surface area (Å²) in [7, 11) is 0. The minimum atomic E-state index is 0.336. The molecular formula is C9H14BrN3O. The van der Waals surface area contributed by atoms with Crippen molar-refractivity contribution in [3.63, 3.8) is 0 Å². The maximum Gasteiger partial charge on any atom is 0.0930 e. The van der Waals surface area contributed by atoms with Crippen LogP contribution in [0.25, 0.3) is 0 Å². The first-order valence-electron chi connectivity index (χ1n) is 4.76. The first kappa shape index (κ1) is 10.1. The summed E-state index contributed by atoms with van der Waals surface area (Å²) in [6.45, 7) is 5.74. The lowest BCUT2D eigenvalue weighted by atomic mass is 10.3. The Morgan fingerprint density at radius 1 is 1.71 bits per heavy atom. The third-order valence-corrected chi connectivity index (χ3v) is 2.68. The number of halogens is 1. The summed E-state index contributed by atoms with van der Waals surface area (Å²) in [4.78, 5) is 2.34. The average Bonchev–Trinajstić information content (AvgIpc) is 2.51. The van der Waals surface area contributed by atoms with E-state index in [0.717, 1.165) is 30.8 Å². The molecule has 1 aromatic heterocycles. The van der Waals surface area contributed by atoms with Crippen LogP contribution in [0.3, 0.4) is 0 Å². The zero-order chi connectivity index (χ0) is 9.97. The molecule has 0 amide bonds. The molecule has 1 saturated heterocycles. The predicted octanol–water partition coefficient (Wildman–Crippen LogP) is 1.32. The van der Waals surface area contributed by atoms with Gasteiger partial charge in [0.1, 0.15) is 0 Å². The Bertz CT molecular complexity index is 302. The molecule has 1 aliphatic heterocycles. The van der Waals surface area contributed by atoms with E-state index < -0.39 is 0 Å². The summed E-state index contributed by atoms with van der Waals surface area (Å²) >= 11 is 3.38. The van der Waals surface area contributed by atoms with Crippen LogP contribution in [0.15, 0.2) is 16.9 Å². The van der Waals surface area contributed by atoms with Crippen molar-refractivity contribution in [3.8, 4) is 0 Å². The molecule has 0 bridgehead atoms. The molecule has 78 valence electrons. The van der Waals surface area contributed by atoms with E-state index in [2.05, 4.69) is 32.9 Å². The second-order valence-electron chi connectivity index (χ2n) is 3.60. The van der Waals surface area contributed by atoms with Crippen molar-refractivity contribution in [2.75, 3.05) is 19.7 Å². The van der Waals surface area contributed by atoms with Crippen molar-refractivity contribution in [1.82, 2.24) is 14.7 Å². The van der Waals surface area contributed by atoms with Gasteiger partial charge in [0, 0.05) is 19.3 Å². The number of hydrogen-bond donors (Lipinski definition) is 0. The fourth-order valence-electron chi connectivity index (χ4n) is 1.64. The van der Waals surface area contributed by atoms with E-state index in [-0.39, 0.29) is 0 Å². The molecule has 0 spiro atoms. The SMILES string of the molecule is CC1CN(Cn2cc(Br)cn2)CCO1. The molecule has 5 heteroatoms. The predicted molar refractivity (Wildman–Crippen MR) is 56.9 cm³/mol. The van der Waals surface area contributed by atoms with Crippen molar-refractivity contribution < 1.29 is 4.74 Å². The fraction of sp³-hybridized carbons (Fsp3) is 0.667. The van der Waals surface area contributed by atoms with E-state index in [0.29, 0.717) is 6.10 Å². The van der Waals surface area contributed by atoms with Crippen LogP contribution in [0.5, 0.6) is 0 Å². The number of hydrogen-bond acceptors (Lipinski definition) is 3. The van der Waals surface area contributed by atoms with Crippen LogP contribution in [0.1, 0.15) is 6.92 Å². The number of ether oxygens (including phenoxy) is 1. The first-order valence-corrected chi connectivity index (χ1v) is 5.55. The third-order valence-electron chi connectivity index (χ3n) is 2.27. The van der Waals surface area contributed by atoms with Crippen LogP contribution in [0.2, 0.25) is 0 Å². The van der Waals surface area contributed by atoms with Gasteiger partial charge in [-0.25, -0.2) is 0 Å². The van der Waals surface area contributed by atoms with Gasteiger partial charge in [0.25, 0.3) is 0 Å². The quantitative estimate of drug-likeness (QED) is 0.803. The van der Waals surface area contributed by atoms with Gasteiger partial charge in [-0.05, 0) is 22.9 Å². The van der Waals surface area contributed by atoms with Crippen LogP contribution in [-0.2, 0) is 11.4 Å². The van der Waals surface area contributed by atoms with Gasteiger partial charge >= 0.3 is 0 Å². The molecule has 0 N–H and O–H groups in total. The minimum Gasteiger partial charge on any atom is -0.376 e. The molecule has 1 unspecified atom stereocenters. The number of nitrogens with zero attached hydrogens (tertiary/aromatic N) is 3. The van der Waals surface area contributed by atoms with Crippen molar-refractivity contribution in [3.05, 3.63) is 16.9 Å². The summed E-state index contributed by atoms with van der Waals surface area (Å²) in [6, 6.07) is 0. The molecule has 0 saturated carbocycles. The van der Waals surface area contributed by atoms with Crippen molar-refractivity contribution in [1.29, 1.82) is 0 Å². The second-order valence-corrected chi connectivity index (χ2v) is 4.51. The molecule has 1 aliphatic rings. The summed E-state index contributed by atoms with van der Waals surface area (Å²) in [5, 5.41) is 4.22. The van der Waals surface area contributed by atoms with E-state index in [1.54, 1.807) is 0 Å². The maximum absolute atomic E-state index is 5.47. The molecule has 2 heterocycles. The molecule has 0 aliphatic carbocycles. The summed E-state index contributed by atoms with van der Waals surface area (Å²) in [6.07, 6.45) is 4.13. The van der Waals surface area contributed by atoms with Gasteiger partial charge in [0.2, 0.25) is 0 Å². The van der Waals surface area contributed by atoms with E-state index in [4.69, 9.17) is 4.74 Å². The maximum atomic E-state index is 5.47. The number of aromatic nitrogens is 2. The lowest BCUT2D eigenvalue weighted by molar-refractivity contribution is -0.0304. The highest BCUT2D eigenvalue weighted by Gasteiger charge is 2.16. The molecule has 0 radical (unpaired) electrons. The third kappa shape index (κ3) is 2.56. The molecule has 14 heavy (non-hydrogen) atoms. The van der Waals surface area contributed by atoms with Crippen LogP contribution in [0.4, 0.5) is 0 Å². The Kier molecular flexibility index (Phi) is 3.20. The van der Waals surface area contributed by atoms with Gasteiger partial charge in [0.15, 0.2) is 0 Å². The van der Waals surface area contributed by atoms with Crippen molar-refractivity contribution in [2.24, 2.45) is 0 Å². The monoisotopic (exact) mass is 259 g/mol. The number of morpholine rings is 1. The fourth-order valence-corrected chi connectivity index (χ4v) is 1.97. The minimum absolute atomic E-state index is 0.336. The lowest BCUT2D eigenvalue weighted by Gasteiger charge is -2.30. The van der Waals surface area contributed by atoms with Gasteiger partial charge in [0.05, 0.1) is 30.0 Å². The molecular weight excluding hydrogens is 246 g/mol. The van der Waals surface area contributed by atoms with E-state index >= 15 is 0 Å². The highest BCUT2D eigenvalue weighted by atomic mass is 79.9. The zero-order valence-electron chi connectivity index (χ0n) is 8.19. The standard InChI is InChI=1S/C9H14BrN3O/c1-8-5-12(2-3-14-8)7-13-6-9(10)4-11-13/h4,6,8H,2-3,5,7H2,1H3. The van der Waals surface area contributed by atoms with Crippen molar-refractivity contribution in [2.45, 2.75) is 19.7 Å². The molecule has 1 fully saturated rings. The van der Waals surface area contributed by atoms with E-state index in [1.807, 2.05) is 17.1 Å². The molecule has 1 atom stereocenters. The summed E-state index contributed by atoms with van der Waals surface area (Å²) in [5.41, 5.74) is 0. The largest absolute Gasteiger partial charge is 0.376 e. The molecule has 4 nitrogen and oxygen atoms in total. The van der Waals surface area contributed by atoms with Gasteiger partial charge < -0.3 is 4.74 Å². The van der Waals surface area contributed by atoms with Gasteiger partial charge in [-0.1, -0.05) is 0 Å². The van der Waals surface area contributed by atoms with Crippen LogP contribution in [0, 0.1) is 0 Å². The van der Waals surface area contributed by atoms with Gasteiger partial charge in [-0.3, -0.25) is 9.58 Å².